The first kappa shape index (κ1) is 12.2. The smallest absolute Gasteiger partial charge is 0.409 e. The quantitative estimate of drug-likeness (QED) is 0.735. The van der Waals surface area contributed by atoms with E-state index < -0.39 is 6.09 Å². The summed E-state index contributed by atoms with van der Waals surface area (Å²) >= 11 is 0. The van der Waals surface area contributed by atoms with Crippen molar-refractivity contribution in [3.8, 4) is 11.1 Å². The Bertz CT molecular complexity index is 762. The lowest BCUT2D eigenvalue weighted by molar-refractivity contribution is 0.210. The molecule has 1 amide bonds. The fraction of sp³-hybridized carbons (Fsp3) is 0. The Balaban J connectivity index is 2.05. The molecule has 0 aliphatic rings. The van der Waals surface area contributed by atoms with E-state index in [2.05, 4.69) is 16.4 Å². The SMILES string of the molecule is O=C(O)Nc1ccc(-c2cncc3ccccc23)cc1. The number of nitrogens with zero attached hydrogens (tertiary/aromatic N) is 1. The molecule has 3 rings (SSSR count). The first-order valence-electron chi connectivity index (χ1n) is 6.17. The Morgan fingerprint density at radius 3 is 2.50 bits per heavy atom. The molecule has 2 N–H and O–H groups in total. The predicted molar refractivity (Wildman–Crippen MR) is 78.8 cm³/mol. The van der Waals surface area contributed by atoms with Gasteiger partial charge < -0.3 is 5.11 Å². The molecule has 4 nitrogen and oxygen atoms in total. The fourth-order valence-electron chi connectivity index (χ4n) is 2.20. The Kier molecular flexibility index (Phi) is 3.05. The number of aromatic nitrogens is 1. The van der Waals surface area contributed by atoms with Crippen LogP contribution in [0, 0.1) is 0 Å². The standard InChI is InChI=1S/C16H12N2O2/c19-16(20)18-13-7-5-11(6-8-13)15-10-17-9-12-3-1-2-4-14(12)15/h1-10,18H,(H,19,20). The number of anilines is 1. The van der Waals surface area contributed by atoms with E-state index in [1.54, 1.807) is 12.1 Å². The molecule has 0 spiro atoms. The highest BCUT2D eigenvalue weighted by Crippen LogP contribution is 2.28. The third-order valence-corrected chi connectivity index (χ3v) is 3.12. The summed E-state index contributed by atoms with van der Waals surface area (Å²) in [5.41, 5.74) is 2.59. The topological polar surface area (TPSA) is 62.2 Å². The lowest BCUT2D eigenvalue weighted by atomic mass is 10.0. The number of carbonyl (C=O) groups is 1. The number of rotatable bonds is 2. The van der Waals surface area contributed by atoms with E-state index in [9.17, 15) is 4.79 Å². The molecule has 3 aromatic rings. The Hall–Kier alpha value is -2.88. The molecule has 0 unspecified atom stereocenters. The van der Waals surface area contributed by atoms with Gasteiger partial charge in [-0.2, -0.15) is 0 Å². The fourth-order valence-corrected chi connectivity index (χ4v) is 2.20. The molecule has 0 fully saturated rings. The maximum Gasteiger partial charge on any atom is 0.409 e. The van der Waals surface area contributed by atoms with Crippen molar-refractivity contribution in [2.24, 2.45) is 0 Å². The molecule has 0 saturated heterocycles. The van der Waals surface area contributed by atoms with Gasteiger partial charge in [0.05, 0.1) is 0 Å². The van der Waals surface area contributed by atoms with Gasteiger partial charge in [-0.15, -0.1) is 0 Å². The van der Waals surface area contributed by atoms with E-state index >= 15 is 0 Å². The summed E-state index contributed by atoms with van der Waals surface area (Å²) in [5.74, 6) is 0. The van der Waals surface area contributed by atoms with Crippen LogP contribution in [0.2, 0.25) is 0 Å². The summed E-state index contributed by atoms with van der Waals surface area (Å²) in [7, 11) is 0. The third-order valence-electron chi connectivity index (χ3n) is 3.12. The summed E-state index contributed by atoms with van der Waals surface area (Å²) in [4.78, 5) is 14.8. The van der Waals surface area contributed by atoms with E-state index in [-0.39, 0.29) is 0 Å². The first-order valence-corrected chi connectivity index (χ1v) is 6.17. The zero-order chi connectivity index (χ0) is 13.9. The zero-order valence-corrected chi connectivity index (χ0v) is 10.6. The maximum atomic E-state index is 10.6. The molecule has 0 aliphatic carbocycles. The molecule has 0 saturated carbocycles. The minimum absolute atomic E-state index is 0.550. The number of carboxylic acid groups (broad SMARTS) is 1. The van der Waals surface area contributed by atoms with Crippen molar-refractivity contribution in [2.45, 2.75) is 0 Å². The van der Waals surface area contributed by atoms with Crippen LogP contribution in [0.5, 0.6) is 0 Å². The van der Waals surface area contributed by atoms with Crippen molar-refractivity contribution in [3.05, 3.63) is 60.9 Å². The van der Waals surface area contributed by atoms with Crippen LogP contribution in [-0.4, -0.2) is 16.2 Å². The molecule has 1 heterocycles. The van der Waals surface area contributed by atoms with Crippen LogP contribution < -0.4 is 5.32 Å². The number of amides is 1. The highest BCUT2D eigenvalue weighted by atomic mass is 16.4. The number of fused-ring (bicyclic) bond motifs is 1. The van der Waals surface area contributed by atoms with Gasteiger partial charge in [0.25, 0.3) is 0 Å². The van der Waals surface area contributed by atoms with E-state index in [0.29, 0.717) is 5.69 Å². The van der Waals surface area contributed by atoms with E-state index in [0.717, 1.165) is 21.9 Å². The van der Waals surface area contributed by atoms with Crippen LogP contribution in [0.4, 0.5) is 10.5 Å². The van der Waals surface area contributed by atoms with Gasteiger partial charge in [0.15, 0.2) is 0 Å². The zero-order valence-electron chi connectivity index (χ0n) is 10.6. The molecule has 1 aromatic heterocycles. The molecule has 98 valence electrons. The summed E-state index contributed by atoms with van der Waals surface area (Å²) < 4.78 is 0. The van der Waals surface area contributed by atoms with Crippen molar-refractivity contribution in [1.29, 1.82) is 0 Å². The molecule has 2 aromatic carbocycles. The van der Waals surface area contributed by atoms with Crippen LogP contribution in [0.25, 0.3) is 21.9 Å². The van der Waals surface area contributed by atoms with Crippen LogP contribution in [0.1, 0.15) is 0 Å². The van der Waals surface area contributed by atoms with Crippen molar-refractivity contribution in [3.63, 3.8) is 0 Å². The summed E-state index contributed by atoms with van der Waals surface area (Å²) in [6.07, 6.45) is 2.59. The second-order valence-corrected chi connectivity index (χ2v) is 4.42. The van der Waals surface area contributed by atoms with Crippen LogP contribution in [0.15, 0.2) is 60.9 Å². The first-order chi connectivity index (χ1) is 9.74. The van der Waals surface area contributed by atoms with Crippen molar-refractivity contribution >= 4 is 22.6 Å². The van der Waals surface area contributed by atoms with Crippen molar-refractivity contribution in [2.75, 3.05) is 5.32 Å². The summed E-state index contributed by atoms with van der Waals surface area (Å²) in [6.45, 7) is 0. The molecular formula is C16H12N2O2. The second-order valence-electron chi connectivity index (χ2n) is 4.42. The lowest BCUT2D eigenvalue weighted by Gasteiger charge is -2.07. The Morgan fingerprint density at radius 1 is 1.00 bits per heavy atom. The van der Waals surface area contributed by atoms with Gasteiger partial charge in [-0.05, 0) is 23.1 Å². The van der Waals surface area contributed by atoms with E-state index in [1.165, 1.54) is 0 Å². The van der Waals surface area contributed by atoms with Gasteiger partial charge in [0.2, 0.25) is 0 Å². The highest BCUT2D eigenvalue weighted by molar-refractivity contribution is 5.96. The second kappa shape index (κ2) is 5.01. The summed E-state index contributed by atoms with van der Waals surface area (Å²) in [5, 5.41) is 13.2. The number of hydrogen-bond acceptors (Lipinski definition) is 2. The monoisotopic (exact) mass is 264 g/mol. The molecule has 4 heteroatoms. The largest absolute Gasteiger partial charge is 0.465 e. The molecule has 20 heavy (non-hydrogen) atoms. The normalized spacial score (nSPS) is 10.4. The van der Waals surface area contributed by atoms with Crippen LogP contribution >= 0.6 is 0 Å². The third kappa shape index (κ3) is 2.31. The van der Waals surface area contributed by atoms with Gasteiger partial charge >= 0.3 is 6.09 Å². The van der Waals surface area contributed by atoms with Crippen molar-refractivity contribution < 1.29 is 9.90 Å². The maximum absolute atomic E-state index is 10.6. The molecular weight excluding hydrogens is 252 g/mol. The minimum atomic E-state index is -1.07. The molecule has 0 atom stereocenters. The van der Waals surface area contributed by atoms with E-state index in [1.807, 2.05) is 42.7 Å². The Morgan fingerprint density at radius 2 is 1.75 bits per heavy atom. The molecule has 0 aliphatic heterocycles. The number of hydrogen-bond donors (Lipinski definition) is 2. The van der Waals surface area contributed by atoms with Crippen molar-refractivity contribution in [1.82, 2.24) is 4.98 Å². The lowest BCUT2D eigenvalue weighted by Crippen LogP contribution is -2.06. The van der Waals surface area contributed by atoms with Gasteiger partial charge in [-0.25, -0.2) is 4.79 Å². The van der Waals surface area contributed by atoms with Gasteiger partial charge in [0, 0.05) is 29.0 Å². The number of benzene rings is 2. The number of pyridine rings is 1. The Labute approximate surface area is 115 Å². The average Bonchev–Trinajstić information content (AvgIpc) is 2.47. The summed E-state index contributed by atoms with van der Waals surface area (Å²) in [6, 6.07) is 15.3. The number of nitrogens with one attached hydrogen (secondary N) is 1. The molecule has 0 bridgehead atoms. The van der Waals surface area contributed by atoms with E-state index in [4.69, 9.17) is 5.11 Å². The molecule has 0 radical (unpaired) electrons. The van der Waals surface area contributed by atoms with Gasteiger partial charge in [-0.1, -0.05) is 36.4 Å². The van der Waals surface area contributed by atoms with Crippen LogP contribution in [0.3, 0.4) is 0 Å². The van der Waals surface area contributed by atoms with Crippen LogP contribution in [-0.2, 0) is 0 Å². The van der Waals surface area contributed by atoms with Gasteiger partial charge in [0.1, 0.15) is 0 Å². The van der Waals surface area contributed by atoms with Gasteiger partial charge in [-0.3, -0.25) is 10.3 Å². The predicted octanol–water partition coefficient (Wildman–Crippen LogP) is 3.99. The average molecular weight is 264 g/mol. The minimum Gasteiger partial charge on any atom is -0.465 e. The highest BCUT2D eigenvalue weighted by Gasteiger charge is 2.04.